The minimum Gasteiger partial charge on any atom is -0.436 e. The smallest absolute Gasteiger partial charge is 0.229 e. The molecule has 1 amide bonds. The number of nitrogens with one attached hydrogen (secondary N) is 2. The van der Waals surface area contributed by atoms with Gasteiger partial charge in [-0.3, -0.25) is 4.79 Å². The van der Waals surface area contributed by atoms with E-state index < -0.39 is 0 Å². The van der Waals surface area contributed by atoms with Gasteiger partial charge in [-0.25, -0.2) is 15.0 Å². The Labute approximate surface area is 195 Å². The normalized spacial score (nSPS) is 21.5. The van der Waals surface area contributed by atoms with Crippen molar-refractivity contribution in [1.82, 2.24) is 15.0 Å². The van der Waals surface area contributed by atoms with E-state index in [0.29, 0.717) is 29.7 Å². The molecule has 2 aliphatic heterocycles. The summed E-state index contributed by atoms with van der Waals surface area (Å²) in [5.74, 6) is 1.83. The molecule has 9 heteroatoms. The fourth-order valence-electron chi connectivity index (χ4n) is 5.07. The Kier molecular flexibility index (Phi) is 4.29. The number of pyridine rings is 2. The number of oxazole rings is 1. The van der Waals surface area contributed by atoms with Crippen LogP contribution in [0.5, 0.6) is 0 Å². The van der Waals surface area contributed by atoms with Gasteiger partial charge in [0, 0.05) is 48.4 Å². The molecule has 0 radical (unpaired) electrons. The molecule has 3 fully saturated rings. The van der Waals surface area contributed by atoms with Crippen molar-refractivity contribution in [1.29, 1.82) is 0 Å². The lowest BCUT2D eigenvalue weighted by molar-refractivity contribution is -0.117. The summed E-state index contributed by atoms with van der Waals surface area (Å²) in [4.78, 5) is 28.5. The number of morpholine rings is 1. The maximum Gasteiger partial charge on any atom is 0.229 e. The van der Waals surface area contributed by atoms with Crippen LogP contribution < -0.4 is 15.5 Å². The lowest BCUT2D eigenvalue weighted by Crippen LogP contribution is -2.36. The highest BCUT2D eigenvalue weighted by Crippen LogP contribution is 2.37. The number of ether oxygens (including phenoxy) is 1. The molecule has 172 valence electrons. The maximum atomic E-state index is 12.3. The Morgan fingerprint density at radius 2 is 2.06 bits per heavy atom. The molecule has 7 rings (SSSR count). The van der Waals surface area contributed by atoms with Crippen LogP contribution in [0.4, 0.5) is 17.3 Å². The van der Waals surface area contributed by atoms with Crippen molar-refractivity contribution >= 4 is 45.1 Å². The van der Waals surface area contributed by atoms with Crippen LogP contribution in [0, 0.1) is 5.92 Å². The lowest BCUT2D eigenvalue weighted by atomic mass is 10.1. The van der Waals surface area contributed by atoms with Crippen molar-refractivity contribution < 1.29 is 13.9 Å². The van der Waals surface area contributed by atoms with E-state index in [2.05, 4.69) is 37.6 Å². The summed E-state index contributed by atoms with van der Waals surface area (Å²) in [6, 6.07) is 8.47. The molecule has 1 aliphatic carbocycles. The second-order valence-electron chi connectivity index (χ2n) is 9.32. The molecule has 34 heavy (non-hydrogen) atoms. The highest BCUT2D eigenvalue weighted by atomic mass is 16.5. The highest BCUT2D eigenvalue weighted by Gasteiger charge is 2.39. The Morgan fingerprint density at radius 3 is 2.82 bits per heavy atom. The van der Waals surface area contributed by atoms with Crippen molar-refractivity contribution in [2.24, 2.45) is 5.92 Å². The summed E-state index contributed by atoms with van der Waals surface area (Å²) < 4.78 is 11.9. The summed E-state index contributed by atoms with van der Waals surface area (Å²) in [6.45, 7) is 1.71. The van der Waals surface area contributed by atoms with E-state index in [-0.39, 0.29) is 11.8 Å². The van der Waals surface area contributed by atoms with Crippen LogP contribution in [0.3, 0.4) is 0 Å². The molecule has 4 aromatic rings. The summed E-state index contributed by atoms with van der Waals surface area (Å²) in [5.41, 5.74) is 3.43. The largest absolute Gasteiger partial charge is 0.436 e. The van der Waals surface area contributed by atoms with Gasteiger partial charge < -0.3 is 24.7 Å². The van der Waals surface area contributed by atoms with E-state index in [4.69, 9.17) is 14.1 Å². The SMILES string of the molecule is CNc1ncc(-c2nc3cc(N4C[C@H]5C[C@@H]4CO5)ccc3o2)c2cc(NC(=O)C3CC3)ncc12. The molecule has 0 spiro atoms. The number of carbonyl (C=O) groups is 1. The number of anilines is 3. The van der Waals surface area contributed by atoms with Crippen LogP contribution in [-0.4, -0.2) is 53.2 Å². The molecule has 1 aromatic carbocycles. The van der Waals surface area contributed by atoms with Gasteiger partial charge in [0.1, 0.15) is 17.2 Å². The van der Waals surface area contributed by atoms with E-state index >= 15 is 0 Å². The standard InChI is InChI=1S/C25H24N6O3/c1-26-23-18-9-27-22(30-24(32)13-2-3-13)8-17(18)19(10-28-23)25-29-20-7-14(4-5-21(20)34-25)31-11-16-6-15(31)12-33-16/h4-5,7-10,13,15-16H,2-3,6,11-12H2,1H3,(H,26,28)(H,27,30,32)/t15-,16-/m1/s1. The Hall–Kier alpha value is -3.72. The second kappa shape index (κ2) is 7.39. The zero-order valence-corrected chi connectivity index (χ0v) is 18.7. The molecule has 1 saturated carbocycles. The fraction of sp³-hybridized carbons (Fsp3) is 0.360. The Morgan fingerprint density at radius 1 is 1.15 bits per heavy atom. The van der Waals surface area contributed by atoms with Gasteiger partial charge >= 0.3 is 0 Å². The summed E-state index contributed by atoms with van der Waals surface area (Å²) in [6.07, 6.45) is 6.78. The molecule has 0 unspecified atom stereocenters. The highest BCUT2D eigenvalue weighted by molar-refractivity contribution is 6.03. The average molecular weight is 457 g/mol. The van der Waals surface area contributed by atoms with Crippen molar-refractivity contribution in [2.75, 3.05) is 35.7 Å². The van der Waals surface area contributed by atoms with Gasteiger partial charge in [0.05, 0.1) is 24.3 Å². The van der Waals surface area contributed by atoms with Gasteiger partial charge in [-0.1, -0.05) is 0 Å². The van der Waals surface area contributed by atoms with Gasteiger partial charge in [-0.05, 0) is 43.5 Å². The zero-order valence-electron chi connectivity index (χ0n) is 18.7. The van der Waals surface area contributed by atoms with Crippen molar-refractivity contribution in [2.45, 2.75) is 31.4 Å². The molecule has 3 aliphatic rings. The molecule has 3 aromatic heterocycles. The number of hydrogen-bond donors (Lipinski definition) is 2. The third kappa shape index (κ3) is 3.19. The predicted octanol–water partition coefficient (Wildman–Crippen LogP) is 3.81. The minimum absolute atomic E-state index is 0.0201. The number of carbonyl (C=O) groups excluding carboxylic acids is 1. The Balaban J connectivity index is 1.29. The van der Waals surface area contributed by atoms with E-state index in [9.17, 15) is 4.79 Å². The third-order valence-corrected chi connectivity index (χ3v) is 7.04. The number of fused-ring (bicyclic) bond motifs is 4. The molecule has 2 N–H and O–H groups in total. The van der Waals surface area contributed by atoms with Gasteiger partial charge in [-0.2, -0.15) is 0 Å². The van der Waals surface area contributed by atoms with Crippen molar-refractivity contribution in [3.63, 3.8) is 0 Å². The number of amides is 1. The molecule has 2 bridgehead atoms. The van der Waals surface area contributed by atoms with Crippen LogP contribution in [-0.2, 0) is 9.53 Å². The maximum absolute atomic E-state index is 12.3. The molecular weight excluding hydrogens is 432 g/mol. The van der Waals surface area contributed by atoms with Crippen LogP contribution in [0.1, 0.15) is 19.3 Å². The monoisotopic (exact) mass is 456 g/mol. The molecular formula is C25H24N6O3. The number of hydrogen-bond acceptors (Lipinski definition) is 8. The van der Waals surface area contributed by atoms with E-state index in [1.165, 1.54) is 0 Å². The first-order valence-electron chi connectivity index (χ1n) is 11.7. The number of aromatic nitrogens is 3. The minimum atomic E-state index is 0.0201. The second-order valence-corrected chi connectivity index (χ2v) is 9.32. The first-order valence-corrected chi connectivity index (χ1v) is 11.7. The van der Waals surface area contributed by atoms with E-state index in [1.54, 1.807) is 12.4 Å². The lowest BCUT2D eigenvalue weighted by Gasteiger charge is -2.28. The topological polar surface area (TPSA) is 105 Å². The van der Waals surface area contributed by atoms with Crippen LogP contribution in [0.15, 0.2) is 41.1 Å². The molecule has 5 heterocycles. The predicted molar refractivity (Wildman–Crippen MR) is 129 cm³/mol. The van der Waals surface area contributed by atoms with Gasteiger partial charge in [0.15, 0.2) is 5.58 Å². The first-order chi connectivity index (χ1) is 16.7. The van der Waals surface area contributed by atoms with Crippen LogP contribution in [0.25, 0.3) is 33.3 Å². The van der Waals surface area contributed by atoms with Crippen LogP contribution in [0.2, 0.25) is 0 Å². The van der Waals surface area contributed by atoms with E-state index in [1.807, 2.05) is 19.2 Å². The molecule has 9 nitrogen and oxygen atoms in total. The molecule has 2 atom stereocenters. The summed E-state index contributed by atoms with van der Waals surface area (Å²) in [7, 11) is 1.82. The fourth-order valence-corrected chi connectivity index (χ4v) is 5.07. The number of benzene rings is 1. The van der Waals surface area contributed by atoms with E-state index in [0.717, 1.165) is 65.5 Å². The summed E-state index contributed by atoms with van der Waals surface area (Å²) in [5, 5.41) is 7.74. The number of rotatable bonds is 5. The van der Waals surface area contributed by atoms with Gasteiger partial charge in [-0.15, -0.1) is 0 Å². The average Bonchev–Trinajstić information content (AvgIpc) is 3.29. The Bertz CT molecular complexity index is 1450. The summed E-state index contributed by atoms with van der Waals surface area (Å²) >= 11 is 0. The quantitative estimate of drug-likeness (QED) is 0.467. The van der Waals surface area contributed by atoms with Crippen LogP contribution >= 0.6 is 0 Å². The number of nitrogens with zero attached hydrogens (tertiary/aromatic N) is 4. The molecule has 2 saturated heterocycles. The van der Waals surface area contributed by atoms with Crippen molar-refractivity contribution in [3.05, 3.63) is 36.7 Å². The van der Waals surface area contributed by atoms with Gasteiger partial charge in [0.2, 0.25) is 11.8 Å². The third-order valence-electron chi connectivity index (χ3n) is 7.04. The first kappa shape index (κ1) is 19.7. The zero-order chi connectivity index (χ0) is 22.8. The van der Waals surface area contributed by atoms with Gasteiger partial charge in [0.25, 0.3) is 0 Å². The van der Waals surface area contributed by atoms with Crippen molar-refractivity contribution in [3.8, 4) is 11.5 Å².